The number of aromatic amines is 1. The predicted octanol–water partition coefficient (Wildman–Crippen LogP) is 0.145. The smallest absolute Gasteiger partial charge is 0.259 e. The maximum absolute atomic E-state index is 12.1. The molecule has 4 N–H and O–H groups in total. The van der Waals surface area contributed by atoms with Crippen molar-refractivity contribution >= 4 is 11.7 Å². The lowest BCUT2D eigenvalue weighted by Crippen LogP contribution is -2.34. The molecule has 1 heterocycles. The van der Waals surface area contributed by atoms with Crippen molar-refractivity contribution < 1.29 is 9.90 Å². The number of aryl methyl sites for hydroxylation is 1. The van der Waals surface area contributed by atoms with E-state index in [9.17, 15) is 4.79 Å². The van der Waals surface area contributed by atoms with E-state index < -0.39 is 0 Å². The van der Waals surface area contributed by atoms with Gasteiger partial charge in [-0.2, -0.15) is 5.10 Å². The molecular formula is C10H18N4O2. The van der Waals surface area contributed by atoms with Crippen molar-refractivity contribution in [2.45, 2.75) is 20.3 Å². The van der Waals surface area contributed by atoms with Crippen LogP contribution < -0.4 is 5.73 Å². The molecule has 1 aromatic heterocycles. The number of hydrogen-bond donors (Lipinski definition) is 3. The summed E-state index contributed by atoms with van der Waals surface area (Å²) in [6.45, 7) is 4.59. The van der Waals surface area contributed by atoms with Crippen LogP contribution in [-0.4, -0.2) is 45.8 Å². The van der Waals surface area contributed by atoms with Crippen LogP contribution in [-0.2, 0) is 0 Å². The Morgan fingerprint density at radius 3 is 2.69 bits per heavy atom. The van der Waals surface area contributed by atoms with Gasteiger partial charge in [-0.05, 0) is 13.3 Å². The normalized spacial score (nSPS) is 10.4. The number of aliphatic hydroxyl groups excluding tert-OH is 1. The lowest BCUT2D eigenvalue weighted by Gasteiger charge is -2.20. The summed E-state index contributed by atoms with van der Waals surface area (Å²) in [4.78, 5) is 13.7. The van der Waals surface area contributed by atoms with Gasteiger partial charge in [-0.25, -0.2) is 0 Å². The zero-order valence-corrected chi connectivity index (χ0v) is 9.66. The summed E-state index contributed by atoms with van der Waals surface area (Å²) in [6, 6.07) is 0. The number of rotatable bonds is 5. The zero-order valence-electron chi connectivity index (χ0n) is 9.66. The number of nitrogens with two attached hydrogens (primary N) is 1. The zero-order chi connectivity index (χ0) is 12.1. The number of H-pyrrole nitrogens is 1. The van der Waals surface area contributed by atoms with E-state index in [4.69, 9.17) is 10.8 Å². The monoisotopic (exact) mass is 226 g/mol. The van der Waals surface area contributed by atoms with Gasteiger partial charge in [-0.15, -0.1) is 0 Å². The Labute approximate surface area is 94.4 Å². The highest BCUT2D eigenvalue weighted by molar-refractivity contribution is 5.99. The lowest BCUT2D eigenvalue weighted by atomic mass is 10.2. The first-order valence-electron chi connectivity index (χ1n) is 5.32. The molecule has 0 aliphatic heterocycles. The third kappa shape index (κ3) is 2.52. The topological polar surface area (TPSA) is 95.2 Å². The van der Waals surface area contributed by atoms with Crippen molar-refractivity contribution in [2.24, 2.45) is 0 Å². The van der Waals surface area contributed by atoms with Gasteiger partial charge in [0.15, 0.2) is 5.82 Å². The van der Waals surface area contributed by atoms with Crippen molar-refractivity contribution in [3.8, 4) is 0 Å². The molecule has 1 amide bonds. The van der Waals surface area contributed by atoms with Crippen LogP contribution in [0.5, 0.6) is 0 Å². The summed E-state index contributed by atoms with van der Waals surface area (Å²) < 4.78 is 0. The van der Waals surface area contributed by atoms with Crippen LogP contribution in [0.1, 0.15) is 29.4 Å². The van der Waals surface area contributed by atoms with Gasteiger partial charge in [0.05, 0.1) is 6.61 Å². The minimum absolute atomic E-state index is 0.0530. The molecule has 0 atom stereocenters. The highest BCUT2D eigenvalue weighted by atomic mass is 16.3. The first-order chi connectivity index (χ1) is 7.61. The number of nitrogens with zero attached hydrogens (tertiary/aromatic N) is 2. The van der Waals surface area contributed by atoms with Crippen molar-refractivity contribution in [2.75, 3.05) is 25.4 Å². The van der Waals surface area contributed by atoms with Crippen LogP contribution in [0.4, 0.5) is 5.82 Å². The number of nitrogens with one attached hydrogen (secondary N) is 1. The molecule has 90 valence electrons. The minimum atomic E-state index is -0.181. The molecule has 0 bridgehead atoms. The highest BCUT2D eigenvalue weighted by Crippen LogP contribution is 2.15. The molecule has 0 aliphatic rings. The van der Waals surface area contributed by atoms with E-state index in [0.29, 0.717) is 24.3 Å². The summed E-state index contributed by atoms with van der Waals surface area (Å²) in [5.74, 6) is 0.0289. The number of nitrogen functional groups attached to an aromatic ring is 1. The fourth-order valence-electron chi connectivity index (χ4n) is 1.58. The van der Waals surface area contributed by atoms with Gasteiger partial charge in [0.2, 0.25) is 0 Å². The van der Waals surface area contributed by atoms with Crippen LogP contribution >= 0.6 is 0 Å². The fourth-order valence-corrected chi connectivity index (χ4v) is 1.58. The molecule has 0 fully saturated rings. The van der Waals surface area contributed by atoms with Crippen molar-refractivity contribution in [3.05, 3.63) is 11.3 Å². The maximum atomic E-state index is 12.1. The first-order valence-corrected chi connectivity index (χ1v) is 5.32. The van der Waals surface area contributed by atoms with Gasteiger partial charge < -0.3 is 15.7 Å². The Morgan fingerprint density at radius 1 is 1.56 bits per heavy atom. The molecule has 1 rings (SSSR count). The quantitative estimate of drug-likeness (QED) is 0.665. The van der Waals surface area contributed by atoms with Crippen molar-refractivity contribution in [3.63, 3.8) is 0 Å². The van der Waals surface area contributed by atoms with E-state index >= 15 is 0 Å². The van der Waals surface area contributed by atoms with Gasteiger partial charge in [0, 0.05) is 18.8 Å². The molecule has 0 aliphatic carbocycles. The van der Waals surface area contributed by atoms with Crippen molar-refractivity contribution in [1.82, 2.24) is 15.1 Å². The van der Waals surface area contributed by atoms with Crippen LogP contribution in [0.15, 0.2) is 0 Å². The molecule has 6 heteroatoms. The van der Waals surface area contributed by atoms with E-state index in [1.165, 1.54) is 0 Å². The fraction of sp³-hybridized carbons (Fsp3) is 0.600. The molecule has 0 unspecified atom stereocenters. The number of anilines is 1. The molecule has 0 radical (unpaired) electrons. The Hall–Kier alpha value is -1.56. The summed E-state index contributed by atoms with van der Waals surface area (Å²) in [7, 11) is 0. The summed E-state index contributed by atoms with van der Waals surface area (Å²) in [6.07, 6.45) is 0.836. The standard InChI is InChI=1S/C10H18N4O2/c1-3-4-14(5-6-15)10(16)8-7(2)12-13-9(8)11/h15H,3-6H2,1-2H3,(H3,11,12,13). The Bertz CT molecular complexity index is 336. The molecule has 0 spiro atoms. The van der Waals surface area contributed by atoms with Gasteiger partial charge in [-0.3, -0.25) is 9.89 Å². The second-order valence-electron chi connectivity index (χ2n) is 3.62. The van der Waals surface area contributed by atoms with Crippen LogP contribution in [0.2, 0.25) is 0 Å². The van der Waals surface area contributed by atoms with Gasteiger partial charge in [0.25, 0.3) is 5.91 Å². The molecule has 0 aromatic carbocycles. The number of carbonyl (C=O) groups is 1. The number of hydrogen-bond acceptors (Lipinski definition) is 4. The Morgan fingerprint density at radius 2 is 2.25 bits per heavy atom. The van der Waals surface area contributed by atoms with E-state index in [1.54, 1.807) is 11.8 Å². The minimum Gasteiger partial charge on any atom is -0.395 e. The average Bonchev–Trinajstić information content (AvgIpc) is 2.57. The molecular weight excluding hydrogens is 208 g/mol. The van der Waals surface area contributed by atoms with Gasteiger partial charge >= 0.3 is 0 Å². The molecule has 0 saturated heterocycles. The summed E-state index contributed by atoms with van der Waals surface area (Å²) in [5, 5.41) is 15.4. The maximum Gasteiger partial charge on any atom is 0.259 e. The number of carbonyl (C=O) groups excluding carboxylic acids is 1. The molecule has 6 nitrogen and oxygen atoms in total. The van der Waals surface area contributed by atoms with E-state index in [0.717, 1.165) is 6.42 Å². The van der Waals surface area contributed by atoms with Crippen LogP contribution in [0.3, 0.4) is 0 Å². The van der Waals surface area contributed by atoms with Crippen molar-refractivity contribution in [1.29, 1.82) is 0 Å². The van der Waals surface area contributed by atoms with Gasteiger partial charge in [0.1, 0.15) is 5.56 Å². The highest BCUT2D eigenvalue weighted by Gasteiger charge is 2.21. The van der Waals surface area contributed by atoms with E-state index in [2.05, 4.69) is 10.2 Å². The Balaban J connectivity index is 2.89. The van der Waals surface area contributed by atoms with Gasteiger partial charge in [-0.1, -0.05) is 6.92 Å². The second kappa shape index (κ2) is 5.50. The third-order valence-electron chi connectivity index (χ3n) is 2.34. The first kappa shape index (κ1) is 12.5. The Kier molecular flexibility index (Phi) is 4.30. The van der Waals surface area contributed by atoms with E-state index in [1.807, 2.05) is 6.92 Å². The predicted molar refractivity (Wildman–Crippen MR) is 61.0 cm³/mol. The number of aliphatic hydroxyl groups is 1. The molecule has 0 saturated carbocycles. The lowest BCUT2D eigenvalue weighted by molar-refractivity contribution is 0.0722. The summed E-state index contributed by atoms with van der Waals surface area (Å²) in [5.41, 5.74) is 6.68. The molecule has 1 aromatic rings. The summed E-state index contributed by atoms with van der Waals surface area (Å²) >= 11 is 0. The number of aromatic nitrogens is 2. The average molecular weight is 226 g/mol. The number of amides is 1. The van der Waals surface area contributed by atoms with Crippen LogP contribution in [0.25, 0.3) is 0 Å². The largest absolute Gasteiger partial charge is 0.395 e. The van der Waals surface area contributed by atoms with Crippen LogP contribution in [0, 0.1) is 6.92 Å². The molecule has 16 heavy (non-hydrogen) atoms. The second-order valence-corrected chi connectivity index (χ2v) is 3.62. The SMILES string of the molecule is CCCN(CCO)C(=O)c1c(N)n[nH]c1C. The third-order valence-corrected chi connectivity index (χ3v) is 2.34. The van der Waals surface area contributed by atoms with E-state index in [-0.39, 0.29) is 18.3 Å².